The average Bonchev–Trinajstić information content (AvgIpc) is 2.40. The van der Waals surface area contributed by atoms with Gasteiger partial charge in [-0.15, -0.1) is 0 Å². The molecular weight excluding hydrogens is 278 g/mol. The third-order valence-corrected chi connectivity index (χ3v) is 3.40. The lowest BCUT2D eigenvalue weighted by Gasteiger charge is -2.13. The first-order valence-corrected chi connectivity index (χ1v) is 6.41. The summed E-state index contributed by atoms with van der Waals surface area (Å²) in [6.45, 7) is 5.88. The van der Waals surface area contributed by atoms with Crippen molar-refractivity contribution < 1.29 is 14.6 Å². The molecule has 0 amide bonds. The third-order valence-electron chi connectivity index (χ3n) is 3.13. The zero-order chi connectivity index (χ0) is 14.9. The van der Waals surface area contributed by atoms with Crippen molar-refractivity contribution in [2.75, 3.05) is 0 Å². The molecule has 1 N–H and O–H groups in total. The fourth-order valence-electron chi connectivity index (χ4n) is 1.80. The van der Waals surface area contributed by atoms with E-state index >= 15 is 0 Å². The molecule has 104 valence electrons. The Morgan fingerprint density at radius 1 is 1.25 bits per heavy atom. The Bertz CT molecular complexity index is 683. The van der Waals surface area contributed by atoms with Crippen molar-refractivity contribution in [3.8, 4) is 11.6 Å². The van der Waals surface area contributed by atoms with Gasteiger partial charge in [0, 0.05) is 6.20 Å². The molecule has 0 unspecified atom stereocenters. The van der Waals surface area contributed by atoms with Gasteiger partial charge in [-0.3, -0.25) is 0 Å². The van der Waals surface area contributed by atoms with Gasteiger partial charge in [0.2, 0.25) is 5.88 Å². The van der Waals surface area contributed by atoms with E-state index < -0.39 is 5.97 Å². The lowest BCUT2D eigenvalue weighted by molar-refractivity contribution is 0.0696. The Kier molecular flexibility index (Phi) is 3.95. The number of benzene rings is 1. The number of hydrogen-bond donors (Lipinski definition) is 1. The van der Waals surface area contributed by atoms with Gasteiger partial charge in [0.25, 0.3) is 0 Å². The zero-order valence-corrected chi connectivity index (χ0v) is 12.2. The van der Waals surface area contributed by atoms with Gasteiger partial charge < -0.3 is 9.84 Å². The number of aromatic carboxylic acids is 1. The minimum Gasteiger partial charge on any atom is -0.478 e. The molecule has 0 spiro atoms. The lowest BCUT2D eigenvalue weighted by Crippen LogP contribution is -2.00. The zero-order valence-electron chi connectivity index (χ0n) is 11.4. The number of rotatable bonds is 3. The molecule has 0 radical (unpaired) electrons. The van der Waals surface area contributed by atoms with E-state index in [9.17, 15) is 4.79 Å². The molecule has 5 heteroatoms. The number of nitrogens with zero attached hydrogens (tertiary/aromatic N) is 1. The number of aryl methyl sites for hydroxylation is 2. The summed E-state index contributed by atoms with van der Waals surface area (Å²) in [7, 11) is 0. The summed E-state index contributed by atoms with van der Waals surface area (Å²) in [6, 6.07) is 5.30. The van der Waals surface area contributed by atoms with E-state index in [2.05, 4.69) is 4.98 Å². The lowest BCUT2D eigenvalue weighted by atomic mass is 10.1. The number of ether oxygens (including phenoxy) is 1. The van der Waals surface area contributed by atoms with E-state index in [1.54, 1.807) is 0 Å². The van der Waals surface area contributed by atoms with E-state index in [1.807, 2.05) is 32.9 Å². The van der Waals surface area contributed by atoms with Gasteiger partial charge in [-0.25, -0.2) is 9.78 Å². The summed E-state index contributed by atoms with van der Waals surface area (Å²) < 4.78 is 5.75. The summed E-state index contributed by atoms with van der Waals surface area (Å²) in [5.41, 5.74) is 3.10. The van der Waals surface area contributed by atoms with Crippen LogP contribution in [0.5, 0.6) is 11.6 Å². The molecule has 0 fully saturated rings. The Hall–Kier alpha value is -2.07. The molecule has 0 aliphatic rings. The van der Waals surface area contributed by atoms with Gasteiger partial charge in [-0.1, -0.05) is 23.7 Å². The van der Waals surface area contributed by atoms with Gasteiger partial charge >= 0.3 is 5.97 Å². The maximum atomic E-state index is 10.8. The summed E-state index contributed by atoms with van der Waals surface area (Å²) in [4.78, 5) is 14.8. The quantitative estimate of drug-likeness (QED) is 0.923. The van der Waals surface area contributed by atoms with Crippen LogP contribution in [0.2, 0.25) is 5.02 Å². The van der Waals surface area contributed by atoms with Crippen LogP contribution in [0.4, 0.5) is 0 Å². The fraction of sp³-hybridized carbons (Fsp3) is 0.200. The second-order valence-corrected chi connectivity index (χ2v) is 4.98. The standard InChI is InChI=1S/C15H14ClNO3/c1-8-4-5-9(2)13(10(8)3)20-14-12(16)6-11(7-17-14)15(18)19/h4-7H,1-3H3,(H,18,19). The van der Waals surface area contributed by atoms with E-state index in [0.29, 0.717) is 5.75 Å². The predicted octanol–water partition coefficient (Wildman–Crippen LogP) is 4.15. The van der Waals surface area contributed by atoms with Gasteiger partial charge in [0.1, 0.15) is 10.8 Å². The SMILES string of the molecule is Cc1ccc(C)c(Oc2ncc(C(=O)O)cc2Cl)c1C. The molecular formula is C15H14ClNO3. The van der Waals surface area contributed by atoms with Crippen molar-refractivity contribution >= 4 is 17.6 Å². The number of pyridine rings is 1. The fourth-order valence-corrected chi connectivity index (χ4v) is 2.00. The van der Waals surface area contributed by atoms with Crippen molar-refractivity contribution in [1.82, 2.24) is 4.98 Å². The van der Waals surface area contributed by atoms with Crippen LogP contribution in [0.1, 0.15) is 27.0 Å². The Morgan fingerprint density at radius 2 is 1.90 bits per heavy atom. The van der Waals surface area contributed by atoms with E-state index in [4.69, 9.17) is 21.4 Å². The van der Waals surface area contributed by atoms with Crippen molar-refractivity contribution in [2.45, 2.75) is 20.8 Å². The Morgan fingerprint density at radius 3 is 2.50 bits per heavy atom. The second-order valence-electron chi connectivity index (χ2n) is 4.57. The molecule has 0 atom stereocenters. The van der Waals surface area contributed by atoms with Gasteiger partial charge in [0.05, 0.1) is 5.56 Å². The molecule has 2 aromatic rings. The summed E-state index contributed by atoms with van der Waals surface area (Å²) in [5.74, 6) is -0.176. The first-order valence-electron chi connectivity index (χ1n) is 6.03. The van der Waals surface area contributed by atoms with Crippen LogP contribution in [-0.2, 0) is 0 Å². The van der Waals surface area contributed by atoms with Crippen molar-refractivity contribution in [1.29, 1.82) is 0 Å². The molecule has 1 heterocycles. The first-order chi connectivity index (χ1) is 9.40. The average molecular weight is 292 g/mol. The number of hydrogen-bond acceptors (Lipinski definition) is 3. The molecule has 0 aliphatic carbocycles. The molecule has 1 aromatic carbocycles. The van der Waals surface area contributed by atoms with Gasteiger partial charge in [0.15, 0.2) is 0 Å². The largest absolute Gasteiger partial charge is 0.478 e. The first kappa shape index (κ1) is 14.3. The molecule has 4 nitrogen and oxygen atoms in total. The minimum atomic E-state index is -1.08. The molecule has 0 aliphatic heterocycles. The number of halogens is 1. The normalized spacial score (nSPS) is 10.4. The summed E-state index contributed by atoms with van der Waals surface area (Å²) in [6.07, 6.45) is 1.23. The number of carbonyl (C=O) groups is 1. The highest BCUT2D eigenvalue weighted by molar-refractivity contribution is 6.32. The third kappa shape index (κ3) is 2.75. The highest BCUT2D eigenvalue weighted by Crippen LogP contribution is 2.33. The molecule has 20 heavy (non-hydrogen) atoms. The molecule has 1 aromatic heterocycles. The highest BCUT2D eigenvalue weighted by Gasteiger charge is 2.13. The van der Waals surface area contributed by atoms with Crippen molar-refractivity contribution in [3.63, 3.8) is 0 Å². The van der Waals surface area contributed by atoms with Crippen LogP contribution in [0.3, 0.4) is 0 Å². The highest BCUT2D eigenvalue weighted by atomic mass is 35.5. The van der Waals surface area contributed by atoms with Crippen LogP contribution < -0.4 is 4.74 Å². The van der Waals surface area contributed by atoms with E-state index in [-0.39, 0.29) is 16.5 Å². The molecule has 0 saturated heterocycles. The Balaban J connectivity index is 2.41. The molecule has 0 bridgehead atoms. The maximum absolute atomic E-state index is 10.8. The van der Waals surface area contributed by atoms with E-state index in [0.717, 1.165) is 16.7 Å². The minimum absolute atomic E-state index is 0.0278. The number of aromatic nitrogens is 1. The maximum Gasteiger partial charge on any atom is 0.337 e. The van der Waals surface area contributed by atoms with Crippen LogP contribution >= 0.6 is 11.6 Å². The summed E-state index contributed by atoms with van der Waals surface area (Å²) in [5, 5.41) is 9.05. The van der Waals surface area contributed by atoms with Gasteiger partial charge in [-0.05, 0) is 43.5 Å². The van der Waals surface area contributed by atoms with Crippen molar-refractivity contribution in [2.24, 2.45) is 0 Å². The smallest absolute Gasteiger partial charge is 0.337 e. The van der Waals surface area contributed by atoms with Crippen molar-refractivity contribution in [3.05, 3.63) is 51.7 Å². The number of carboxylic acids is 1. The topological polar surface area (TPSA) is 59.4 Å². The second kappa shape index (κ2) is 5.51. The van der Waals surface area contributed by atoms with Crippen LogP contribution in [0.25, 0.3) is 0 Å². The number of carboxylic acid groups (broad SMARTS) is 1. The van der Waals surface area contributed by atoms with E-state index in [1.165, 1.54) is 12.3 Å². The monoisotopic (exact) mass is 291 g/mol. The van der Waals surface area contributed by atoms with Gasteiger partial charge in [-0.2, -0.15) is 0 Å². The van der Waals surface area contributed by atoms with Crippen LogP contribution in [0.15, 0.2) is 24.4 Å². The molecule has 0 saturated carbocycles. The summed E-state index contributed by atoms with van der Waals surface area (Å²) >= 11 is 6.02. The predicted molar refractivity (Wildman–Crippen MR) is 76.9 cm³/mol. The van der Waals surface area contributed by atoms with Crippen LogP contribution in [-0.4, -0.2) is 16.1 Å². The molecule has 2 rings (SSSR count). The van der Waals surface area contributed by atoms with Crippen LogP contribution in [0, 0.1) is 20.8 Å². The Labute approximate surface area is 122 Å².